The van der Waals surface area contributed by atoms with Crippen molar-refractivity contribution >= 4 is 11.9 Å². The molecule has 1 spiro atoms. The summed E-state index contributed by atoms with van der Waals surface area (Å²) in [5.74, 6) is 0.346. The van der Waals surface area contributed by atoms with Gasteiger partial charge in [0.25, 0.3) is 0 Å². The van der Waals surface area contributed by atoms with E-state index in [1.165, 1.54) is 0 Å². The smallest absolute Gasteiger partial charge is 0.309 e. The van der Waals surface area contributed by atoms with E-state index >= 15 is 0 Å². The van der Waals surface area contributed by atoms with Gasteiger partial charge in [-0.1, -0.05) is 20.3 Å². The van der Waals surface area contributed by atoms with Crippen molar-refractivity contribution in [1.29, 1.82) is 0 Å². The number of ether oxygens (including phenoxy) is 1. The number of fused-ring (bicyclic) bond motifs is 3. The molecule has 1 N–H and O–H groups in total. The van der Waals surface area contributed by atoms with Crippen molar-refractivity contribution in [1.82, 2.24) is 0 Å². The van der Waals surface area contributed by atoms with Crippen LogP contribution in [0.5, 0.6) is 0 Å². The predicted octanol–water partition coefficient (Wildman–Crippen LogP) is 4.03. The monoisotopic (exact) mass is 334 g/mol. The van der Waals surface area contributed by atoms with E-state index in [0.717, 1.165) is 51.4 Å². The Hall–Kier alpha value is -1.06. The van der Waals surface area contributed by atoms with E-state index in [0.29, 0.717) is 11.8 Å². The first-order chi connectivity index (χ1) is 11.2. The zero-order valence-electron chi connectivity index (χ0n) is 15.1. The van der Waals surface area contributed by atoms with Gasteiger partial charge in [0.2, 0.25) is 0 Å². The van der Waals surface area contributed by atoms with Crippen LogP contribution < -0.4 is 0 Å². The summed E-state index contributed by atoms with van der Waals surface area (Å²) in [5, 5.41) is 9.91. The van der Waals surface area contributed by atoms with Crippen LogP contribution in [0.15, 0.2) is 0 Å². The second kappa shape index (κ2) is 4.98. The number of aliphatic carboxylic acids is 1. The van der Waals surface area contributed by atoms with Gasteiger partial charge in [-0.25, -0.2) is 0 Å². The molecule has 0 unspecified atom stereocenters. The maximum Gasteiger partial charge on any atom is 0.309 e. The highest BCUT2D eigenvalue weighted by Crippen LogP contribution is 2.67. The van der Waals surface area contributed by atoms with Crippen molar-refractivity contribution in [2.24, 2.45) is 34.5 Å². The fourth-order valence-electron chi connectivity index (χ4n) is 7.24. The van der Waals surface area contributed by atoms with E-state index in [4.69, 9.17) is 4.74 Å². The molecule has 4 aliphatic rings. The van der Waals surface area contributed by atoms with Gasteiger partial charge in [-0.3, -0.25) is 9.59 Å². The van der Waals surface area contributed by atoms with E-state index in [1.54, 1.807) is 0 Å². The van der Waals surface area contributed by atoms with E-state index in [2.05, 4.69) is 6.92 Å². The molecule has 4 rings (SSSR count). The highest BCUT2D eigenvalue weighted by Gasteiger charge is 2.66. The molecular weight excluding hydrogens is 304 g/mol. The summed E-state index contributed by atoms with van der Waals surface area (Å²) in [4.78, 5) is 24.5. The van der Waals surface area contributed by atoms with E-state index in [-0.39, 0.29) is 28.8 Å². The van der Waals surface area contributed by atoms with Crippen molar-refractivity contribution in [3.05, 3.63) is 0 Å². The highest BCUT2D eigenvalue weighted by atomic mass is 16.6. The second-order valence-electron chi connectivity index (χ2n) is 9.54. The summed E-state index contributed by atoms with van der Waals surface area (Å²) < 4.78 is 6.12. The normalized spacial score (nSPS) is 53.5. The number of hydrogen-bond acceptors (Lipinski definition) is 3. The van der Waals surface area contributed by atoms with Gasteiger partial charge in [-0.2, -0.15) is 0 Å². The van der Waals surface area contributed by atoms with E-state index in [1.807, 2.05) is 13.8 Å². The molecule has 2 bridgehead atoms. The number of esters is 1. The van der Waals surface area contributed by atoms with Crippen molar-refractivity contribution in [3.63, 3.8) is 0 Å². The summed E-state index contributed by atoms with van der Waals surface area (Å²) in [5.41, 5.74) is -0.957. The number of carbonyl (C=O) groups excluding carboxylic acids is 1. The maximum absolute atomic E-state index is 12.4. The van der Waals surface area contributed by atoms with Crippen molar-refractivity contribution in [3.8, 4) is 0 Å². The SMILES string of the molecule is C[C@@H]1C(=O)O[C@@]23CC[C@H]4[C@@](C)(CCC[C@@]4(C)C(=O)O)[C@@H]2CC[C@@H]1C3. The number of rotatable bonds is 1. The fraction of sp³-hybridized carbons (Fsp3) is 0.900. The minimum Gasteiger partial charge on any atom is -0.481 e. The molecule has 4 nitrogen and oxygen atoms in total. The van der Waals surface area contributed by atoms with Gasteiger partial charge >= 0.3 is 11.9 Å². The summed E-state index contributed by atoms with van der Waals surface area (Å²) in [6.07, 6.45) is 7.74. The van der Waals surface area contributed by atoms with Crippen molar-refractivity contribution in [2.75, 3.05) is 0 Å². The van der Waals surface area contributed by atoms with Crippen LogP contribution in [0.4, 0.5) is 0 Å². The quantitative estimate of drug-likeness (QED) is 0.736. The van der Waals surface area contributed by atoms with Gasteiger partial charge < -0.3 is 9.84 Å². The third-order valence-corrected chi connectivity index (χ3v) is 8.57. The fourth-order valence-corrected chi connectivity index (χ4v) is 7.24. The summed E-state index contributed by atoms with van der Waals surface area (Å²) in [6, 6.07) is 0. The molecule has 1 aliphatic heterocycles. The van der Waals surface area contributed by atoms with Crippen molar-refractivity contribution in [2.45, 2.75) is 77.7 Å². The first-order valence-corrected chi connectivity index (χ1v) is 9.69. The van der Waals surface area contributed by atoms with Gasteiger partial charge in [-0.15, -0.1) is 0 Å². The predicted molar refractivity (Wildman–Crippen MR) is 89.2 cm³/mol. The lowest BCUT2D eigenvalue weighted by Crippen LogP contribution is -2.65. The largest absolute Gasteiger partial charge is 0.481 e. The van der Waals surface area contributed by atoms with Gasteiger partial charge in [0.15, 0.2) is 0 Å². The molecule has 0 radical (unpaired) electrons. The molecule has 0 aromatic rings. The average molecular weight is 334 g/mol. The molecule has 4 fully saturated rings. The molecule has 0 aromatic heterocycles. The van der Waals surface area contributed by atoms with Gasteiger partial charge in [0, 0.05) is 5.92 Å². The zero-order valence-corrected chi connectivity index (χ0v) is 15.1. The maximum atomic E-state index is 12.4. The van der Waals surface area contributed by atoms with Gasteiger partial charge in [0.05, 0.1) is 11.3 Å². The number of carboxylic acid groups (broad SMARTS) is 1. The molecule has 1 saturated heterocycles. The molecule has 0 aromatic carbocycles. The number of hydrogen-bond donors (Lipinski definition) is 1. The molecule has 3 saturated carbocycles. The van der Waals surface area contributed by atoms with Gasteiger partial charge in [0.1, 0.15) is 5.60 Å². The Bertz CT molecular complexity index is 586. The van der Waals surface area contributed by atoms with Crippen LogP contribution in [0.2, 0.25) is 0 Å². The lowest BCUT2D eigenvalue weighted by atomic mass is 9.42. The molecule has 3 aliphatic carbocycles. The molecular formula is C20H30O4. The minimum atomic E-state index is -0.641. The number of carbonyl (C=O) groups is 2. The second-order valence-corrected chi connectivity index (χ2v) is 9.54. The van der Waals surface area contributed by atoms with E-state index in [9.17, 15) is 14.7 Å². The molecule has 4 heteroatoms. The minimum absolute atomic E-state index is 0.0184. The molecule has 1 heterocycles. The van der Waals surface area contributed by atoms with Crippen molar-refractivity contribution < 1.29 is 19.4 Å². The average Bonchev–Trinajstić information content (AvgIpc) is 2.52. The van der Waals surface area contributed by atoms with Crippen LogP contribution >= 0.6 is 0 Å². The Labute approximate surface area is 144 Å². The third-order valence-electron chi connectivity index (χ3n) is 8.57. The zero-order chi connectivity index (χ0) is 17.3. The number of carboxylic acids is 1. The molecule has 7 atom stereocenters. The van der Waals surface area contributed by atoms with Crippen LogP contribution in [0.1, 0.15) is 72.1 Å². The van der Waals surface area contributed by atoms with Gasteiger partial charge in [-0.05, 0) is 69.1 Å². The van der Waals surface area contributed by atoms with E-state index < -0.39 is 11.4 Å². The van der Waals surface area contributed by atoms with Crippen LogP contribution in [0.25, 0.3) is 0 Å². The van der Waals surface area contributed by atoms with Crippen LogP contribution in [0.3, 0.4) is 0 Å². The Morgan fingerprint density at radius 3 is 2.58 bits per heavy atom. The molecule has 134 valence electrons. The Balaban J connectivity index is 1.73. The van der Waals surface area contributed by atoms with Crippen LogP contribution in [-0.4, -0.2) is 22.6 Å². The Kier molecular flexibility index (Phi) is 3.41. The summed E-state index contributed by atoms with van der Waals surface area (Å²) in [6.45, 7) is 6.27. The standard InChI is InChI=1S/C20H30O4/c1-12-13-5-6-15-18(2)8-4-9-19(3,17(22)23)14(18)7-10-20(15,11-13)24-16(12)21/h12-15H,4-11H2,1-3H3,(H,22,23)/t12-,13+,14-,15-,18+,19+,20+/m0/s1. The first kappa shape index (κ1) is 16.4. The molecule has 0 amide bonds. The third kappa shape index (κ3) is 1.91. The molecule has 24 heavy (non-hydrogen) atoms. The Morgan fingerprint density at radius 1 is 1.12 bits per heavy atom. The van der Waals surface area contributed by atoms with Crippen LogP contribution in [-0.2, 0) is 14.3 Å². The summed E-state index contributed by atoms with van der Waals surface area (Å²) in [7, 11) is 0. The lowest BCUT2D eigenvalue weighted by molar-refractivity contribution is -0.244. The first-order valence-electron chi connectivity index (χ1n) is 9.69. The van der Waals surface area contributed by atoms with Crippen LogP contribution in [0, 0.1) is 34.5 Å². The Morgan fingerprint density at radius 2 is 1.88 bits per heavy atom. The topological polar surface area (TPSA) is 63.6 Å². The summed E-state index contributed by atoms with van der Waals surface area (Å²) >= 11 is 0. The lowest BCUT2D eigenvalue weighted by Gasteiger charge is -2.65. The highest BCUT2D eigenvalue weighted by molar-refractivity contribution is 5.75.